The predicted octanol–water partition coefficient (Wildman–Crippen LogP) is 4.72. The largest absolute Gasteiger partial charge is 0.353 e. The van der Waals surface area contributed by atoms with Gasteiger partial charge in [0.1, 0.15) is 0 Å². The first-order valence-electron chi connectivity index (χ1n) is 11.1. The Labute approximate surface area is 196 Å². The maximum absolute atomic E-state index is 4.61. The molecule has 0 fully saturated rings. The topological polar surface area (TPSA) is 91.3 Å². The molecule has 0 radical (unpaired) electrons. The van der Waals surface area contributed by atoms with Gasteiger partial charge in [-0.2, -0.15) is 5.10 Å². The van der Waals surface area contributed by atoms with Gasteiger partial charge in [0, 0.05) is 58.7 Å². The van der Waals surface area contributed by atoms with Crippen molar-refractivity contribution in [3.8, 4) is 28.2 Å². The van der Waals surface area contributed by atoms with Crippen molar-refractivity contribution in [1.82, 2.24) is 39.6 Å². The minimum Gasteiger partial charge on any atom is -0.353 e. The van der Waals surface area contributed by atoms with Gasteiger partial charge in [-0.05, 0) is 56.9 Å². The summed E-state index contributed by atoms with van der Waals surface area (Å²) in [7, 11) is 4.11. The highest BCUT2D eigenvalue weighted by atomic mass is 15.2. The molecule has 0 aliphatic carbocycles. The minimum atomic E-state index is 0.681. The molecule has 0 amide bonds. The van der Waals surface area contributed by atoms with Gasteiger partial charge < -0.3 is 14.5 Å². The lowest BCUT2D eigenvalue weighted by molar-refractivity contribution is 0.402. The van der Waals surface area contributed by atoms with E-state index in [0.717, 1.165) is 62.3 Å². The highest BCUT2D eigenvalue weighted by molar-refractivity contribution is 5.98. The Bertz CT molecular complexity index is 1640. The number of nitrogens with one attached hydrogen (secondary N) is 2. The van der Waals surface area contributed by atoms with Crippen LogP contribution in [-0.4, -0.2) is 53.7 Å². The molecule has 0 unspecified atom stereocenters. The molecular weight excluding hydrogens is 424 g/mol. The third kappa shape index (κ3) is 3.54. The Morgan fingerprint density at radius 1 is 0.971 bits per heavy atom. The molecule has 8 heteroatoms. The maximum atomic E-state index is 4.61. The summed E-state index contributed by atoms with van der Waals surface area (Å²) < 4.78 is 2.05. The summed E-state index contributed by atoms with van der Waals surface area (Å²) in [6.45, 7) is 2.83. The van der Waals surface area contributed by atoms with Crippen molar-refractivity contribution in [2.75, 3.05) is 14.1 Å². The van der Waals surface area contributed by atoms with Crippen molar-refractivity contribution in [3.05, 3.63) is 78.8 Å². The zero-order valence-electron chi connectivity index (χ0n) is 19.2. The third-order valence-corrected chi connectivity index (χ3v) is 5.94. The summed E-state index contributed by atoms with van der Waals surface area (Å²) in [5.74, 6) is 0. The fourth-order valence-corrected chi connectivity index (χ4v) is 4.41. The summed E-state index contributed by atoms with van der Waals surface area (Å²) in [6, 6.07) is 12.7. The van der Waals surface area contributed by atoms with Crippen LogP contribution in [0.4, 0.5) is 0 Å². The third-order valence-electron chi connectivity index (χ3n) is 5.94. The number of rotatable bonds is 5. The van der Waals surface area contributed by atoms with Crippen LogP contribution in [-0.2, 0) is 6.54 Å². The highest BCUT2D eigenvalue weighted by Crippen LogP contribution is 2.32. The van der Waals surface area contributed by atoms with Crippen molar-refractivity contribution in [2.45, 2.75) is 13.5 Å². The molecular formula is C26H24N8. The normalized spacial score (nSPS) is 11.8. The van der Waals surface area contributed by atoms with E-state index in [1.807, 2.05) is 48.7 Å². The number of hydrogen-bond donors (Lipinski definition) is 2. The molecule has 2 N–H and O–H groups in total. The van der Waals surface area contributed by atoms with Crippen molar-refractivity contribution >= 4 is 21.9 Å². The first-order valence-corrected chi connectivity index (χ1v) is 11.1. The zero-order valence-corrected chi connectivity index (χ0v) is 19.2. The molecule has 5 heterocycles. The number of pyridine rings is 2. The molecule has 6 aromatic rings. The van der Waals surface area contributed by atoms with Gasteiger partial charge in [0.15, 0.2) is 5.65 Å². The number of nitrogens with zero attached hydrogens (tertiary/aromatic N) is 6. The van der Waals surface area contributed by atoms with E-state index in [9.17, 15) is 0 Å². The fourth-order valence-electron chi connectivity index (χ4n) is 4.41. The van der Waals surface area contributed by atoms with Gasteiger partial charge in [0.05, 0.1) is 29.1 Å². The average molecular weight is 449 g/mol. The molecule has 5 aromatic heterocycles. The second-order valence-corrected chi connectivity index (χ2v) is 8.86. The molecule has 0 aliphatic heterocycles. The van der Waals surface area contributed by atoms with Gasteiger partial charge in [-0.15, -0.1) is 0 Å². The minimum absolute atomic E-state index is 0.681. The SMILES string of the molecule is Cc1cn(-c2cccc3[nH]c(-c4[nH]nc5ncc(-c6cncc(CN(C)C)c6)cc45)cc23)cn1. The first-order chi connectivity index (χ1) is 16.5. The van der Waals surface area contributed by atoms with E-state index in [1.165, 1.54) is 0 Å². The maximum Gasteiger partial charge on any atom is 0.181 e. The van der Waals surface area contributed by atoms with Gasteiger partial charge >= 0.3 is 0 Å². The summed E-state index contributed by atoms with van der Waals surface area (Å²) in [5, 5.41) is 9.71. The van der Waals surface area contributed by atoms with Gasteiger partial charge in [-0.25, -0.2) is 9.97 Å². The number of benzene rings is 1. The molecule has 0 spiro atoms. The number of hydrogen-bond acceptors (Lipinski definition) is 5. The van der Waals surface area contributed by atoms with Crippen molar-refractivity contribution in [1.29, 1.82) is 0 Å². The van der Waals surface area contributed by atoms with Gasteiger partial charge in [-0.1, -0.05) is 6.07 Å². The first kappa shape index (κ1) is 20.3. The van der Waals surface area contributed by atoms with E-state index in [-0.39, 0.29) is 0 Å². The summed E-state index contributed by atoms with van der Waals surface area (Å²) in [6.07, 6.45) is 9.51. The molecule has 0 saturated heterocycles. The molecule has 0 bridgehead atoms. The van der Waals surface area contributed by atoms with E-state index in [1.54, 1.807) is 0 Å². The smallest absolute Gasteiger partial charge is 0.181 e. The van der Waals surface area contributed by atoms with Crippen LogP contribution < -0.4 is 0 Å². The van der Waals surface area contributed by atoms with Crippen LogP contribution in [0.2, 0.25) is 0 Å². The van der Waals surface area contributed by atoms with E-state index >= 15 is 0 Å². The fraction of sp³-hybridized carbons (Fsp3) is 0.154. The summed E-state index contributed by atoms with van der Waals surface area (Å²) >= 11 is 0. The molecule has 34 heavy (non-hydrogen) atoms. The van der Waals surface area contributed by atoms with E-state index in [2.05, 4.69) is 79.5 Å². The van der Waals surface area contributed by atoms with Crippen LogP contribution in [0.25, 0.3) is 50.1 Å². The summed E-state index contributed by atoms with van der Waals surface area (Å²) in [4.78, 5) is 19.1. The molecule has 0 saturated carbocycles. The Morgan fingerprint density at radius 3 is 2.68 bits per heavy atom. The van der Waals surface area contributed by atoms with Crippen LogP contribution in [0.3, 0.4) is 0 Å². The Balaban J connectivity index is 1.45. The standard InChI is InChI=1S/C26H24N8/c1-16-13-34(15-29-16)24-6-4-5-22-20(24)9-23(30-22)25-21-8-19(12-28-26(21)32-31-25)18-7-17(10-27-11-18)14-33(2)3/h4-13,15,30H,14H2,1-3H3,(H,28,31,32). The lowest BCUT2D eigenvalue weighted by Gasteiger charge is -2.10. The van der Waals surface area contributed by atoms with Crippen LogP contribution in [0.15, 0.2) is 67.5 Å². The Kier molecular flexibility index (Phi) is 4.74. The number of aromatic nitrogens is 7. The lowest BCUT2D eigenvalue weighted by Crippen LogP contribution is -2.10. The molecule has 1 aromatic carbocycles. The van der Waals surface area contributed by atoms with E-state index < -0.39 is 0 Å². The number of imidazole rings is 1. The monoisotopic (exact) mass is 448 g/mol. The number of fused-ring (bicyclic) bond motifs is 2. The molecule has 0 aliphatic rings. The Hall–Kier alpha value is -4.30. The molecule has 6 rings (SSSR count). The second-order valence-electron chi connectivity index (χ2n) is 8.86. The highest BCUT2D eigenvalue weighted by Gasteiger charge is 2.15. The van der Waals surface area contributed by atoms with Crippen LogP contribution >= 0.6 is 0 Å². The van der Waals surface area contributed by atoms with Crippen LogP contribution in [0, 0.1) is 6.92 Å². The quantitative estimate of drug-likeness (QED) is 0.398. The second kappa shape index (κ2) is 7.93. The lowest BCUT2D eigenvalue weighted by atomic mass is 10.1. The van der Waals surface area contributed by atoms with Gasteiger partial charge in [0.2, 0.25) is 0 Å². The van der Waals surface area contributed by atoms with Crippen LogP contribution in [0.1, 0.15) is 11.3 Å². The average Bonchev–Trinajstić information content (AvgIpc) is 3.55. The molecule has 8 nitrogen and oxygen atoms in total. The Morgan fingerprint density at radius 2 is 1.85 bits per heavy atom. The van der Waals surface area contributed by atoms with Gasteiger partial charge in [-0.3, -0.25) is 10.1 Å². The van der Waals surface area contributed by atoms with Crippen molar-refractivity contribution in [3.63, 3.8) is 0 Å². The number of aryl methyl sites for hydroxylation is 1. The molecule has 168 valence electrons. The zero-order chi connectivity index (χ0) is 23.2. The van der Waals surface area contributed by atoms with Crippen molar-refractivity contribution in [2.24, 2.45) is 0 Å². The number of aromatic amines is 2. The van der Waals surface area contributed by atoms with Crippen molar-refractivity contribution < 1.29 is 0 Å². The predicted molar refractivity (Wildman–Crippen MR) is 134 cm³/mol. The molecule has 0 atom stereocenters. The summed E-state index contributed by atoms with van der Waals surface area (Å²) in [5.41, 5.74) is 8.86. The van der Waals surface area contributed by atoms with Crippen LogP contribution in [0.5, 0.6) is 0 Å². The van der Waals surface area contributed by atoms with E-state index in [4.69, 9.17) is 0 Å². The number of H-pyrrole nitrogens is 2. The van der Waals surface area contributed by atoms with Gasteiger partial charge in [0.25, 0.3) is 0 Å². The van der Waals surface area contributed by atoms with E-state index in [0.29, 0.717) is 5.65 Å².